The molecule has 0 saturated carbocycles. The maximum absolute atomic E-state index is 12.6. The Balaban J connectivity index is 1.80. The third-order valence-corrected chi connectivity index (χ3v) is 4.18. The highest BCUT2D eigenvalue weighted by atomic mass is 16.6. The number of rotatable bonds is 4. The Labute approximate surface area is 146 Å². The standard InChI is InChI=1S/C20H19NO4/c1-14-12-17(24-2)10-8-15(14)9-11-19(22)21-18(13-25-20(21)23)16-6-4-3-5-7-16/h3-12,18H,13H2,1-2H3/b11-9+/t18-/m1/s1. The van der Waals surface area contributed by atoms with Crippen molar-refractivity contribution in [3.8, 4) is 5.75 Å². The van der Waals surface area contributed by atoms with E-state index in [-0.39, 0.29) is 6.61 Å². The molecule has 25 heavy (non-hydrogen) atoms. The molecule has 3 rings (SSSR count). The molecule has 0 aromatic heterocycles. The normalized spacial score (nSPS) is 17.0. The number of cyclic esters (lactones) is 1. The van der Waals surface area contributed by atoms with Crippen LogP contribution in [0, 0.1) is 6.92 Å². The van der Waals surface area contributed by atoms with Crippen LogP contribution in [0.4, 0.5) is 4.79 Å². The lowest BCUT2D eigenvalue weighted by Crippen LogP contribution is -2.32. The smallest absolute Gasteiger partial charge is 0.417 e. The van der Waals surface area contributed by atoms with Gasteiger partial charge in [0.05, 0.1) is 7.11 Å². The lowest BCUT2D eigenvalue weighted by Gasteiger charge is -2.18. The Morgan fingerprint density at radius 1 is 1.24 bits per heavy atom. The Morgan fingerprint density at radius 3 is 2.68 bits per heavy atom. The van der Waals surface area contributed by atoms with Gasteiger partial charge in [-0.1, -0.05) is 36.4 Å². The van der Waals surface area contributed by atoms with Crippen molar-refractivity contribution < 1.29 is 19.1 Å². The molecule has 2 amide bonds. The van der Waals surface area contributed by atoms with E-state index in [2.05, 4.69) is 0 Å². The molecular formula is C20H19NO4. The van der Waals surface area contributed by atoms with E-state index < -0.39 is 18.0 Å². The fourth-order valence-electron chi connectivity index (χ4n) is 2.79. The highest BCUT2D eigenvalue weighted by molar-refractivity contribution is 6.02. The van der Waals surface area contributed by atoms with Crippen molar-refractivity contribution >= 4 is 18.1 Å². The molecule has 1 fully saturated rings. The van der Waals surface area contributed by atoms with Crippen LogP contribution in [-0.4, -0.2) is 30.6 Å². The Morgan fingerprint density at radius 2 is 2.00 bits per heavy atom. The minimum Gasteiger partial charge on any atom is -0.497 e. The summed E-state index contributed by atoms with van der Waals surface area (Å²) in [5.41, 5.74) is 2.74. The number of hydrogen-bond acceptors (Lipinski definition) is 4. The van der Waals surface area contributed by atoms with E-state index in [1.54, 1.807) is 13.2 Å². The molecule has 128 valence electrons. The van der Waals surface area contributed by atoms with Crippen molar-refractivity contribution in [3.05, 3.63) is 71.3 Å². The zero-order valence-electron chi connectivity index (χ0n) is 14.1. The summed E-state index contributed by atoms with van der Waals surface area (Å²) in [5.74, 6) is 0.361. The highest BCUT2D eigenvalue weighted by Gasteiger charge is 2.37. The second-order valence-electron chi connectivity index (χ2n) is 5.77. The summed E-state index contributed by atoms with van der Waals surface area (Å²) in [4.78, 5) is 25.7. The van der Waals surface area contributed by atoms with Gasteiger partial charge < -0.3 is 9.47 Å². The molecule has 1 saturated heterocycles. The lowest BCUT2D eigenvalue weighted by atomic mass is 10.1. The maximum Gasteiger partial charge on any atom is 0.417 e. The highest BCUT2D eigenvalue weighted by Crippen LogP contribution is 2.28. The van der Waals surface area contributed by atoms with E-state index in [4.69, 9.17) is 9.47 Å². The van der Waals surface area contributed by atoms with E-state index in [9.17, 15) is 9.59 Å². The van der Waals surface area contributed by atoms with Gasteiger partial charge in [-0.2, -0.15) is 0 Å². The molecule has 0 unspecified atom stereocenters. The summed E-state index contributed by atoms with van der Waals surface area (Å²) < 4.78 is 10.2. The molecule has 1 aliphatic rings. The predicted molar refractivity (Wildman–Crippen MR) is 94.1 cm³/mol. The summed E-state index contributed by atoms with van der Waals surface area (Å²) in [6.07, 6.45) is 2.48. The van der Waals surface area contributed by atoms with E-state index >= 15 is 0 Å². The molecule has 1 atom stereocenters. The number of imide groups is 1. The van der Waals surface area contributed by atoms with Gasteiger partial charge in [-0.15, -0.1) is 0 Å². The lowest BCUT2D eigenvalue weighted by molar-refractivity contribution is -0.124. The van der Waals surface area contributed by atoms with Crippen molar-refractivity contribution in [2.75, 3.05) is 13.7 Å². The Kier molecular flexibility index (Phi) is 4.84. The second kappa shape index (κ2) is 7.21. The summed E-state index contributed by atoms with van der Waals surface area (Å²) in [5, 5.41) is 0. The molecule has 2 aromatic rings. The maximum atomic E-state index is 12.6. The number of methoxy groups -OCH3 is 1. The van der Waals surface area contributed by atoms with E-state index in [0.29, 0.717) is 0 Å². The summed E-state index contributed by atoms with van der Waals surface area (Å²) in [6.45, 7) is 2.10. The van der Waals surface area contributed by atoms with Gasteiger partial charge in [-0.05, 0) is 41.8 Å². The van der Waals surface area contributed by atoms with Crippen LogP contribution in [0.3, 0.4) is 0 Å². The second-order valence-corrected chi connectivity index (χ2v) is 5.77. The van der Waals surface area contributed by atoms with Crippen molar-refractivity contribution in [3.63, 3.8) is 0 Å². The fourth-order valence-corrected chi connectivity index (χ4v) is 2.79. The monoisotopic (exact) mass is 337 g/mol. The van der Waals surface area contributed by atoms with E-state index in [1.165, 1.54) is 6.08 Å². The number of carbonyl (C=O) groups is 2. The molecule has 0 radical (unpaired) electrons. The average molecular weight is 337 g/mol. The Bertz CT molecular complexity index is 814. The Hall–Kier alpha value is -3.08. The predicted octanol–water partition coefficient (Wildman–Crippen LogP) is 3.74. The zero-order valence-corrected chi connectivity index (χ0v) is 14.1. The van der Waals surface area contributed by atoms with Gasteiger partial charge in [0, 0.05) is 6.08 Å². The number of carbonyl (C=O) groups excluding carboxylic acids is 2. The fraction of sp³-hybridized carbons (Fsp3) is 0.200. The number of aryl methyl sites for hydroxylation is 1. The van der Waals surface area contributed by atoms with Crippen molar-refractivity contribution in [2.24, 2.45) is 0 Å². The molecule has 2 aromatic carbocycles. The minimum absolute atomic E-state index is 0.171. The molecule has 5 nitrogen and oxygen atoms in total. The van der Waals surface area contributed by atoms with Crippen LogP contribution < -0.4 is 4.74 Å². The number of nitrogens with zero attached hydrogens (tertiary/aromatic N) is 1. The van der Waals surface area contributed by atoms with Crippen molar-refractivity contribution in [1.29, 1.82) is 0 Å². The van der Waals surface area contributed by atoms with Crippen LogP contribution in [0.5, 0.6) is 5.75 Å². The molecule has 0 aliphatic carbocycles. The van der Waals surface area contributed by atoms with Gasteiger partial charge in [-0.25, -0.2) is 9.69 Å². The van der Waals surface area contributed by atoms with Gasteiger partial charge in [0.25, 0.3) is 5.91 Å². The van der Waals surface area contributed by atoms with Gasteiger partial charge in [0.1, 0.15) is 18.4 Å². The van der Waals surface area contributed by atoms with Gasteiger partial charge in [-0.3, -0.25) is 4.79 Å². The van der Waals surface area contributed by atoms with Crippen LogP contribution in [0.1, 0.15) is 22.7 Å². The van der Waals surface area contributed by atoms with Crippen molar-refractivity contribution in [2.45, 2.75) is 13.0 Å². The van der Waals surface area contributed by atoms with Crippen LogP contribution in [-0.2, 0) is 9.53 Å². The van der Waals surface area contributed by atoms with Crippen LogP contribution in [0.15, 0.2) is 54.6 Å². The van der Waals surface area contributed by atoms with Crippen molar-refractivity contribution in [1.82, 2.24) is 4.90 Å². The molecule has 0 N–H and O–H groups in total. The first kappa shape index (κ1) is 16.8. The topological polar surface area (TPSA) is 55.8 Å². The average Bonchev–Trinajstić information content (AvgIpc) is 3.02. The number of benzene rings is 2. The third-order valence-electron chi connectivity index (χ3n) is 4.18. The van der Waals surface area contributed by atoms with Gasteiger partial charge in [0.15, 0.2) is 0 Å². The van der Waals surface area contributed by atoms with Crippen LogP contribution in [0.2, 0.25) is 0 Å². The quantitative estimate of drug-likeness (QED) is 0.798. The molecule has 0 spiro atoms. The summed E-state index contributed by atoms with van der Waals surface area (Å²) >= 11 is 0. The third kappa shape index (κ3) is 3.55. The zero-order chi connectivity index (χ0) is 17.8. The van der Waals surface area contributed by atoms with E-state index in [0.717, 1.165) is 27.3 Å². The van der Waals surface area contributed by atoms with E-state index in [1.807, 2.05) is 55.5 Å². The first-order valence-electron chi connectivity index (χ1n) is 7.98. The molecule has 5 heteroatoms. The first-order valence-corrected chi connectivity index (χ1v) is 7.98. The van der Waals surface area contributed by atoms with Gasteiger partial charge >= 0.3 is 6.09 Å². The number of ether oxygens (including phenoxy) is 2. The first-order chi connectivity index (χ1) is 12.1. The molecule has 0 bridgehead atoms. The molecule has 1 aliphatic heterocycles. The van der Waals surface area contributed by atoms with Gasteiger partial charge in [0.2, 0.25) is 0 Å². The van der Waals surface area contributed by atoms with Crippen LogP contribution in [0.25, 0.3) is 6.08 Å². The SMILES string of the molecule is COc1ccc(/C=C/C(=O)N2C(=O)OC[C@@H]2c2ccccc2)c(C)c1. The van der Waals surface area contributed by atoms with Crippen LogP contribution >= 0.6 is 0 Å². The molecular weight excluding hydrogens is 318 g/mol. The largest absolute Gasteiger partial charge is 0.497 e. The molecule has 1 heterocycles. The summed E-state index contributed by atoms with van der Waals surface area (Å²) in [7, 11) is 1.61. The number of hydrogen-bond donors (Lipinski definition) is 0. The summed E-state index contributed by atoms with van der Waals surface area (Å²) in [6, 6.07) is 14.6. The minimum atomic E-state index is -0.616. The number of amides is 2.